The number of hydrogen-bond acceptors (Lipinski definition) is 4. The summed E-state index contributed by atoms with van der Waals surface area (Å²) in [6.07, 6.45) is 6.78. The monoisotopic (exact) mass is 444 g/mol. The average Bonchev–Trinajstić information content (AvgIpc) is 2.76. The van der Waals surface area contributed by atoms with Gasteiger partial charge in [0.05, 0.1) is 18.8 Å². The molecule has 157 valence electrons. The van der Waals surface area contributed by atoms with E-state index in [0.717, 1.165) is 12.8 Å². The zero-order valence-electron chi connectivity index (χ0n) is 16.1. The molecule has 3 radical (unpaired) electrons. The Balaban J connectivity index is -0.000000407. The Hall–Kier alpha value is -1.65. The third-order valence-electron chi connectivity index (χ3n) is 3.10. The number of carbonyl (C=O) groups excluding carboxylic acids is 1. The number of aliphatic hydroxyl groups is 1. The van der Waals surface area contributed by atoms with Crippen LogP contribution in [0.15, 0.2) is 30.3 Å². The standard InChI is InChI=1S/C18H24O4.3CO.Fe/c1-16(22-15-19)8-7-12-18(20)11-5-6-13-21-14-17-9-3-2-4-10-17;3*1-2;/h2-4,7-10,12,16,18,20H,5-6,11,13-14H2,1H3;;;;/q-1;;;;+2/t16-,18+;;;;/m0..../s1. The quantitative estimate of drug-likeness (QED) is 0.218. The van der Waals surface area contributed by atoms with E-state index in [9.17, 15) is 9.90 Å². The SMILES string of the molecule is C[C@@H]([CH][CH][CH][C@H](O)CCCCOCc1ccccc1)O[C-]=O.[C-]#[O+].[C-]#[O+].[C-]#[O+].[Fe+2]. The van der Waals surface area contributed by atoms with Gasteiger partial charge in [-0.05, 0) is 44.6 Å². The van der Waals surface area contributed by atoms with Gasteiger partial charge < -0.3 is 19.4 Å². The van der Waals surface area contributed by atoms with Gasteiger partial charge >= 0.3 is 51.0 Å². The molecule has 0 bridgehead atoms. The van der Waals surface area contributed by atoms with Gasteiger partial charge in [-0.25, -0.2) is 0 Å². The summed E-state index contributed by atoms with van der Waals surface area (Å²) in [4.78, 5) is 9.98. The van der Waals surface area contributed by atoms with Crippen molar-refractivity contribution in [1.29, 1.82) is 0 Å². The zero-order valence-corrected chi connectivity index (χ0v) is 17.2. The van der Waals surface area contributed by atoms with Crippen LogP contribution in [-0.2, 0) is 51.9 Å². The van der Waals surface area contributed by atoms with E-state index in [4.69, 9.17) is 18.7 Å². The molecular formula is C21H24FeO7+. The van der Waals surface area contributed by atoms with Gasteiger partial charge in [-0.1, -0.05) is 36.8 Å². The fourth-order valence-electron chi connectivity index (χ4n) is 1.88. The average molecular weight is 444 g/mol. The Morgan fingerprint density at radius 3 is 2.21 bits per heavy atom. The second kappa shape index (κ2) is 31.1. The van der Waals surface area contributed by atoms with Gasteiger partial charge in [0.15, 0.2) is 0 Å². The molecule has 1 N–H and O–H groups in total. The first-order valence-electron chi connectivity index (χ1n) is 8.18. The molecule has 0 aliphatic rings. The van der Waals surface area contributed by atoms with Gasteiger partial charge in [0.25, 0.3) is 0 Å². The van der Waals surface area contributed by atoms with Crippen molar-refractivity contribution in [3.05, 3.63) is 75.1 Å². The molecule has 0 aliphatic carbocycles. The summed E-state index contributed by atoms with van der Waals surface area (Å²) in [5, 5.41) is 9.76. The number of benzene rings is 1. The van der Waals surface area contributed by atoms with Crippen molar-refractivity contribution in [3.63, 3.8) is 0 Å². The first kappa shape index (κ1) is 34.8. The van der Waals surface area contributed by atoms with E-state index in [0.29, 0.717) is 19.6 Å². The van der Waals surface area contributed by atoms with Crippen LogP contribution in [0.25, 0.3) is 0 Å². The number of ether oxygens (including phenoxy) is 2. The molecule has 2 atom stereocenters. The van der Waals surface area contributed by atoms with Gasteiger partial charge in [0, 0.05) is 13.0 Å². The molecule has 1 aromatic rings. The predicted octanol–water partition coefficient (Wildman–Crippen LogP) is 2.70. The van der Waals surface area contributed by atoms with Crippen molar-refractivity contribution >= 4 is 6.47 Å². The van der Waals surface area contributed by atoms with Crippen LogP contribution in [0.1, 0.15) is 31.7 Å². The maximum absolute atomic E-state index is 9.98. The molecule has 0 fully saturated rings. The molecule has 1 rings (SSSR count). The van der Waals surface area contributed by atoms with Crippen LogP contribution in [0.5, 0.6) is 0 Å². The van der Waals surface area contributed by atoms with Crippen LogP contribution in [0.3, 0.4) is 0 Å². The molecule has 0 spiro atoms. The fraction of sp³-hybridized carbons (Fsp3) is 0.381. The number of hydrogen-bond donors (Lipinski definition) is 1. The van der Waals surface area contributed by atoms with E-state index < -0.39 is 6.10 Å². The topological polar surface area (TPSA) is 115 Å². The second-order valence-electron chi connectivity index (χ2n) is 5.08. The molecule has 8 heteroatoms. The fourth-order valence-corrected chi connectivity index (χ4v) is 1.88. The van der Waals surface area contributed by atoms with Crippen molar-refractivity contribution in [1.82, 2.24) is 0 Å². The first-order chi connectivity index (χ1) is 13.7. The minimum Gasteiger partial charge on any atom is 2.00 e. The summed E-state index contributed by atoms with van der Waals surface area (Å²) in [6, 6.07) is 10.1. The summed E-state index contributed by atoms with van der Waals surface area (Å²) < 4.78 is 32.7. The van der Waals surface area contributed by atoms with Gasteiger partial charge in [-0.15, -0.1) is 0 Å². The Morgan fingerprint density at radius 2 is 1.66 bits per heavy atom. The minimum absolute atomic E-state index is 0. The predicted molar refractivity (Wildman–Crippen MR) is 96.9 cm³/mol. The molecular weight excluding hydrogens is 420 g/mol. The Kier molecular flexibility index (Phi) is 37.3. The second-order valence-corrected chi connectivity index (χ2v) is 5.08. The van der Waals surface area contributed by atoms with Crippen molar-refractivity contribution in [3.8, 4) is 0 Å². The largest absolute Gasteiger partial charge is 2.00 e. The van der Waals surface area contributed by atoms with Gasteiger partial charge in [0.2, 0.25) is 0 Å². The molecule has 1 aromatic carbocycles. The van der Waals surface area contributed by atoms with Crippen LogP contribution in [-0.4, -0.2) is 30.4 Å². The van der Waals surface area contributed by atoms with Gasteiger partial charge in [-0.3, -0.25) is 0 Å². The molecule has 7 nitrogen and oxygen atoms in total. The van der Waals surface area contributed by atoms with Crippen molar-refractivity contribution < 1.29 is 50.4 Å². The molecule has 0 heterocycles. The third-order valence-corrected chi connectivity index (χ3v) is 3.10. The van der Waals surface area contributed by atoms with E-state index in [-0.39, 0.29) is 23.2 Å². The molecule has 0 amide bonds. The number of rotatable bonds is 13. The van der Waals surface area contributed by atoms with E-state index in [1.807, 2.05) is 30.3 Å². The van der Waals surface area contributed by atoms with E-state index in [1.54, 1.807) is 26.2 Å². The van der Waals surface area contributed by atoms with Crippen LogP contribution in [0.2, 0.25) is 0 Å². The van der Waals surface area contributed by atoms with Crippen LogP contribution in [0.4, 0.5) is 0 Å². The maximum atomic E-state index is 9.98. The molecule has 0 saturated heterocycles. The maximum Gasteiger partial charge on any atom is 2.00 e. The van der Waals surface area contributed by atoms with Crippen molar-refractivity contribution in [2.75, 3.05) is 6.61 Å². The summed E-state index contributed by atoms with van der Waals surface area (Å²) >= 11 is 0. The normalized spacial score (nSPS) is 10.5. The number of unbranched alkanes of at least 4 members (excludes halogenated alkanes) is 1. The van der Waals surface area contributed by atoms with Crippen LogP contribution >= 0.6 is 0 Å². The summed E-state index contributed by atoms with van der Waals surface area (Å²) in [7, 11) is 0. The smallest absolute Gasteiger partial charge is 2.00 e. The summed E-state index contributed by atoms with van der Waals surface area (Å²) in [5.41, 5.74) is 1.17. The van der Waals surface area contributed by atoms with E-state index in [1.165, 1.54) is 12.0 Å². The Labute approximate surface area is 183 Å². The van der Waals surface area contributed by atoms with E-state index in [2.05, 4.69) is 24.7 Å². The zero-order chi connectivity index (χ0) is 22.0. The Bertz CT molecular complexity index is 488. The summed E-state index contributed by atoms with van der Waals surface area (Å²) in [5.74, 6) is 0. The van der Waals surface area contributed by atoms with Gasteiger partial charge in [0.1, 0.15) is 0 Å². The third kappa shape index (κ3) is 26.3. The van der Waals surface area contributed by atoms with Crippen LogP contribution in [0, 0.1) is 39.2 Å². The molecule has 0 unspecified atom stereocenters. The summed E-state index contributed by atoms with van der Waals surface area (Å²) in [6.45, 7) is 17.9. The molecule has 29 heavy (non-hydrogen) atoms. The Morgan fingerprint density at radius 1 is 1.07 bits per heavy atom. The molecule has 0 aromatic heterocycles. The first-order valence-corrected chi connectivity index (χ1v) is 8.18. The minimum atomic E-state index is -0.488. The van der Waals surface area contributed by atoms with E-state index >= 15 is 0 Å². The van der Waals surface area contributed by atoms with Crippen molar-refractivity contribution in [2.24, 2.45) is 0 Å². The van der Waals surface area contributed by atoms with Crippen molar-refractivity contribution in [2.45, 2.75) is 45.0 Å². The molecule has 0 saturated carbocycles. The van der Waals surface area contributed by atoms with Gasteiger partial charge in [-0.2, -0.15) is 0 Å². The number of aliphatic hydroxyl groups excluding tert-OH is 1. The molecule has 0 aliphatic heterocycles. The van der Waals surface area contributed by atoms with Crippen LogP contribution < -0.4 is 0 Å².